The second kappa shape index (κ2) is 27.8. The van der Waals surface area contributed by atoms with Crippen molar-refractivity contribution in [3.05, 3.63) is 42.0 Å². The maximum absolute atomic E-state index is 14.5. The summed E-state index contributed by atoms with van der Waals surface area (Å²) < 4.78 is 0. The minimum Gasteiger partial charge on any atom is -0.508 e. The number of carbonyl (C=O) groups is 11. The molecule has 24 heteroatoms. The molecule has 24 nitrogen and oxygen atoms in total. The van der Waals surface area contributed by atoms with Crippen molar-refractivity contribution in [3.63, 3.8) is 0 Å². The molecule has 1 saturated heterocycles. The highest BCUT2D eigenvalue weighted by Gasteiger charge is 2.40. The predicted octanol–water partition coefficient (Wildman–Crippen LogP) is -3.26. The van der Waals surface area contributed by atoms with Gasteiger partial charge in [-0.05, 0) is 74.5 Å². The SMILES string of the molecule is CC[C@@H](C)[C@@H]1NC(=O)[C@H](Cc2ccc(O)cc2)NC(=O)[C@@H](N)C/C=C/CC[C@@H](C(=O)N2CCC[C@H]2C(=O)N[C@@H](CC(C)C)C(=O)NCC(N)=O)NC(=O)[C@H](CC(N)=O)NC(=O)[C@H](CCC(N)=O)NC1=O. The Balaban J connectivity index is 2.06. The van der Waals surface area contributed by atoms with Crippen LogP contribution in [0.15, 0.2) is 36.4 Å². The molecular formula is C46H70N12O12. The topological polar surface area (TPSA) is 400 Å². The molecule has 0 aliphatic carbocycles. The first-order chi connectivity index (χ1) is 33.0. The largest absolute Gasteiger partial charge is 0.508 e. The number of nitrogens with zero attached hydrogens (tertiary/aromatic N) is 1. The van der Waals surface area contributed by atoms with Gasteiger partial charge < -0.3 is 70.2 Å². The summed E-state index contributed by atoms with van der Waals surface area (Å²) in [6.07, 6.45) is 2.39. The van der Waals surface area contributed by atoms with Gasteiger partial charge in [0.2, 0.25) is 65.0 Å². The van der Waals surface area contributed by atoms with Crippen molar-refractivity contribution in [1.82, 2.24) is 42.1 Å². The molecule has 1 aromatic rings. The lowest BCUT2D eigenvalue weighted by Gasteiger charge is -2.31. The summed E-state index contributed by atoms with van der Waals surface area (Å²) in [6, 6.07) is -4.90. The molecule has 1 fully saturated rings. The molecule has 0 radical (unpaired) electrons. The van der Waals surface area contributed by atoms with Crippen LogP contribution in [-0.2, 0) is 59.2 Å². The Hall–Kier alpha value is -7.11. The number of primary amides is 3. The Morgan fingerprint density at radius 2 is 1.40 bits per heavy atom. The van der Waals surface area contributed by atoms with E-state index in [0.29, 0.717) is 18.4 Å². The zero-order valence-electron chi connectivity index (χ0n) is 40.1. The van der Waals surface area contributed by atoms with Gasteiger partial charge >= 0.3 is 0 Å². The van der Waals surface area contributed by atoms with Gasteiger partial charge in [-0.1, -0.05) is 58.4 Å². The molecule has 0 spiro atoms. The number of nitrogens with two attached hydrogens (primary N) is 4. The van der Waals surface area contributed by atoms with Crippen LogP contribution < -0.4 is 60.2 Å². The van der Waals surface area contributed by atoms with Gasteiger partial charge in [0.15, 0.2) is 0 Å². The van der Waals surface area contributed by atoms with Crippen LogP contribution in [0.5, 0.6) is 5.75 Å². The fourth-order valence-corrected chi connectivity index (χ4v) is 7.84. The minimum absolute atomic E-state index is 0.0424. The van der Waals surface area contributed by atoms with Crippen molar-refractivity contribution < 1.29 is 57.8 Å². The molecule has 3 rings (SSSR count). The highest BCUT2D eigenvalue weighted by molar-refractivity contribution is 5.99. The lowest BCUT2D eigenvalue weighted by molar-refractivity contribution is -0.143. The summed E-state index contributed by atoms with van der Waals surface area (Å²) >= 11 is 0. The zero-order valence-corrected chi connectivity index (χ0v) is 40.1. The van der Waals surface area contributed by atoms with E-state index >= 15 is 0 Å². The number of carbonyl (C=O) groups excluding carboxylic acids is 11. The summed E-state index contributed by atoms with van der Waals surface area (Å²) in [5.41, 5.74) is 22.9. The number of phenols is 1. The Morgan fingerprint density at radius 1 is 0.771 bits per heavy atom. The molecule has 386 valence electrons. The first kappa shape index (κ1) is 57.2. The molecule has 0 aromatic heterocycles. The Bertz CT molecular complexity index is 2100. The third-order valence-electron chi connectivity index (χ3n) is 11.9. The van der Waals surface area contributed by atoms with E-state index in [1.165, 1.54) is 17.0 Å². The zero-order chi connectivity index (χ0) is 52.2. The predicted molar refractivity (Wildman–Crippen MR) is 252 cm³/mol. The van der Waals surface area contributed by atoms with Crippen molar-refractivity contribution in [3.8, 4) is 5.75 Å². The van der Waals surface area contributed by atoms with E-state index in [4.69, 9.17) is 22.9 Å². The minimum atomic E-state index is -1.74. The molecule has 2 aliphatic heterocycles. The van der Waals surface area contributed by atoms with Crippen LogP contribution in [0.3, 0.4) is 0 Å². The van der Waals surface area contributed by atoms with E-state index in [2.05, 4.69) is 37.2 Å². The normalized spacial score (nSPS) is 24.5. The second-order valence-electron chi connectivity index (χ2n) is 18.1. The number of amides is 11. The van der Waals surface area contributed by atoms with Crippen molar-refractivity contribution in [2.45, 2.75) is 147 Å². The van der Waals surface area contributed by atoms with Crippen LogP contribution >= 0.6 is 0 Å². The molecule has 70 heavy (non-hydrogen) atoms. The fourth-order valence-electron chi connectivity index (χ4n) is 7.84. The van der Waals surface area contributed by atoms with E-state index < -0.39 is 145 Å². The average Bonchev–Trinajstić information content (AvgIpc) is 3.79. The number of allylic oxidation sites excluding steroid dienone is 1. The van der Waals surface area contributed by atoms with Crippen LogP contribution in [-0.4, -0.2) is 136 Å². The monoisotopic (exact) mass is 983 g/mol. The lowest BCUT2D eigenvalue weighted by atomic mass is 9.96. The van der Waals surface area contributed by atoms with Gasteiger partial charge in [-0.2, -0.15) is 0 Å². The third kappa shape index (κ3) is 18.4. The quantitative estimate of drug-likeness (QED) is 0.0683. The number of likely N-dealkylation sites (tertiary alicyclic amines) is 1. The number of hydrogen-bond acceptors (Lipinski definition) is 13. The summed E-state index contributed by atoms with van der Waals surface area (Å²) in [7, 11) is 0. The summed E-state index contributed by atoms with van der Waals surface area (Å²) in [6.45, 7) is 6.63. The van der Waals surface area contributed by atoms with E-state index in [1.807, 2.05) is 13.8 Å². The van der Waals surface area contributed by atoms with E-state index in [9.17, 15) is 57.8 Å². The van der Waals surface area contributed by atoms with Gasteiger partial charge in [0.25, 0.3) is 0 Å². The first-order valence-corrected chi connectivity index (χ1v) is 23.4. The standard InChI is InChI=1S/C46H70N12O12/c1-5-25(4)38-45(69)52-29(17-18-35(48)60)41(65)55-33(22-36(49)61)42(66)53-30(46(70)58-19-9-12-34(58)44(68)56-31(20-24(2)3)40(64)51-23-37(50)62)11-8-6-7-10-28(47)39(63)54-32(43(67)57-38)21-26-13-15-27(59)16-14-26/h6-7,13-16,24-25,28-34,38,59H,5,8-12,17-23,47H2,1-4H3,(H2,48,60)(H2,49,61)(H2,50,62)(H,51,64)(H,52,69)(H,53,66)(H,54,63)(H,55,65)(H,56,68)(H,57,67)/b7-6+/t25-,28+,29+,30+,31+,32+,33+,34+,38+/m1/s1. The Morgan fingerprint density at radius 3 is 2.01 bits per heavy atom. The summed E-state index contributed by atoms with van der Waals surface area (Å²) in [4.78, 5) is 148. The molecule has 0 saturated carbocycles. The van der Waals surface area contributed by atoms with Crippen molar-refractivity contribution in [2.24, 2.45) is 34.8 Å². The third-order valence-corrected chi connectivity index (χ3v) is 11.9. The maximum Gasteiger partial charge on any atom is 0.245 e. The van der Waals surface area contributed by atoms with Gasteiger partial charge in [0, 0.05) is 19.4 Å². The fraction of sp³-hybridized carbons (Fsp3) is 0.587. The van der Waals surface area contributed by atoms with Crippen LogP contribution in [0, 0.1) is 11.8 Å². The number of phenolic OH excluding ortho intramolecular Hbond substituents is 1. The van der Waals surface area contributed by atoms with Gasteiger partial charge in [0.1, 0.15) is 48.0 Å². The molecule has 2 heterocycles. The van der Waals surface area contributed by atoms with Crippen molar-refractivity contribution in [1.29, 1.82) is 0 Å². The second-order valence-corrected chi connectivity index (χ2v) is 18.1. The Labute approximate surface area is 406 Å². The van der Waals surface area contributed by atoms with E-state index in [-0.39, 0.29) is 56.7 Å². The molecule has 2 aliphatic rings. The maximum atomic E-state index is 14.5. The lowest BCUT2D eigenvalue weighted by Crippen LogP contribution is -2.61. The van der Waals surface area contributed by atoms with E-state index in [0.717, 1.165) is 0 Å². The van der Waals surface area contributed by atoms with Crippen LogP contribution in [0.2, 0.25) is 0 Å². The first-order valence-electron chi connectivity index (χ1n) is 23.4. The molecular weight excluding hydrogens is 913 g/mol. The highest BCUT2D eigenvalue weighted by Crippen LogP contribution is 2.21. The van der Waals surface area contributed by atoms with Crippen LogP contribution in [0.25, 0.3) is 0 Å². The summed E-state index contributed by atoms with van der Waals surface area (Å²) in [5.74, 6) is -9.96. The van der Waals surface area contributed by atoms with Crippen LogP contribution in [0.1, 0.15) is 97.5 Å². The van der Waals surface area contributed by atoms with Crippen LogP contribution in [0.4, 0.5) is 0 Å². The van der Waals surface area contributed by atoms with Crippen molar-refractivity contribution in [2.75, 3.05) is 13.1 Å². The Kier molecular flexibility index (Phi) is 22.7. The molecule has 11 amide bonds. The smallest absolute Gasteiger partial charge is 0.245 e. The molecule has 9 atom stereocenters. The number of rotatable bonds is 17. The number of benzene rings is 1. The van der Waals surface area contributed by atoms with Gasteiger partial charge in [0.05, 0.1) is 19.0 Å². The van der Waals surface area contributed by atoms with Gasteiger partial charge in [-0.3, -0.25) is 52.7 Å². The molecule has 0 unspecified atom stereocenters. The van der Waals surface area contributed by atoms with E-state index in [1.54, 1.807) is 38.1 Å². The summed E-state index contributed by atoms with van der Waals surface area (Å²) in [5, 5.41) is 27.8. The molecule has 0 bridgehead atoms. The number of aromatic hydroxyl groups is 1. The molecule has 1 aromatic carbocycles. The number of nitrogens with one attached hydrogen (secondary N) is 7. The van der Waals surface area contributed by atoms with Gasteiger partial charge in [-0.15, -0.1) is 0 Å². The molecule has 16 N–H and O–H groups in total. The average molecular weight is 983 g/mol. The van der Waals surface area contributed by atoms with Crippen molar-refractivity contribution >= 4 is 65.0 Å². The number of hydrogen-bond donors (Lipinski definition) is 12. The highest BCUT2D eigenvalue weighted by atomic mass is 16.3. The van der Waals surface area contributed by atoms with Gasteiger partial charge in [-0.25, -0.2) is 0 Å².